The lowest BCUT2D eigenvalue weighted by Crippen LogP contribution is -2.14. The van der Waals surface area contributed by atoms with E-state index in [0.29, 0.717) is 33.8 Å². The van der Waals surface area contributed by atoms with Gasteiger partial charge in [0.05, 0.1) is 15.7 Å². The molecular weight excluding hydrogens is 652 g/mol. The predicted molar refractivity (Wildman–Crippen MR) is 142 cm³/mol. The van der Waals surface area contributed by atoms with Crippen LogP contribution in [0.5, 0.6) is 11.5 Å². The molecule has 1 N–H and O–H groups in total. The molecule has 10 heteroatoms. The zero-order valence-corrected chi connectivity index (χ0v) is 22.6. The topological polar surface area (TPSA) is 71.3 Å². The van der Waals surface area contributed by atoms with Gasteiger partial charge in [0.1, 0.15) is 18.2 Å². The Hall–Kier alpha value is -3.04. The number of carbonyl (C=O) groups is 1. The highest BCUT2D eigenvalue weighted by Crippen LogP contribution is 2.36. The number of benzene rings is 3. The van der Waals surface area contributed by atoms with Crippen LogP contribution in [0.2, 0.25) is 0 Å². The van der Waals surface area contributed by atoms with E-state index in [4.69, 9.17) is 9.47 Å². The van der Waals surface area contributed by atoms with Crippen LogP contribution in [0, 0.1) is 14.9 Å². The summed E-state index contributed by atoms with van der Waals surface area (Å²) in [6, 6.07) is 17.0. The average molecular weight is 671 g/mol. The second kappa shape index (κ2) is 12.3. The Morgan fingerprint density at radius 1 is 1.14 bits per heavy atom. The van der Waals surface area contributed by atoms with Crippen LogP contribution in [0.25, 0.3) is 6.08 Å². The average Bonchev–Trinajstić information content (AvgIpc) is 2.83. The first-order chi connectivity index (χ1) is 17.1. The SMILES string of the molecule is CCOc1cc(/C=C(\C#N)C(=O)Nc2cccc(C(F)(F)F)c2)cc(I)c1OCc1ccc(Br)cc1. The van der Waals surface area contributed by atoms with Crippen LogP contribution in [0.3, 0.4) is 0 Å². The number of nitrogens with one attached hydrogen (secondary N) is 1. The zero-order chi connectivity index (χ0) is 26.3. The largest absolute Gasteiger partial charge is 0.490 e. The molecule has 0 aliphatic rings. The number of alkyl halides is 3. The fourth-order valence-corrected chi connectivity index (χ4v) is 4.14. The Labute approximate surface area is 228 Å². The van der Waals surface area contributed by atoms with Crippen LogP contribution in [0.15, 0.2) is 70.7 Å². The fourth-order valence-electron chi connectivity index (χ4n) is 3.10. The summed E-state index contributed by atoms with van der Waals surface area (Å²) in [6.07, 6.45) is -3.21. The monoisotopic (exact) mass is 670 g/mol. The quantitative estimate of drug-likeness (QED) is 0.152. The van der Waals surface area contributed by atoms with Crippen molar-refractivity contribution in [1.29, 1.82) is 5.26 Å². The van der Waals surface area contributed by atoms with Crippen LogP contribution < -0.4 is 14.8 Å². The van der Waals surface area contributed by atoms with Crippen molar-refractivity contribution < 1.29 is 27.4 Å². The molecule has 0 unspecified atom stereocenters. The maximum atomic E-state index is 13.0. The predicted octanol–water partition coefficient (Wildman–Crippen LogP) is 7.60. The first-order valence-electron chi connectivity index (χ1n) is 10.5. The molecule has 0 radical (unpaired) electrons. The first-order valence-corrected chi connectivity index (χ1v) is 12.4. The van der Waals surface area contributed by atoms with E-state index in [0.717, 1.165) is 22.2 Å². The van der Waals surface area contributed by atoms with Gasteiger partial charge in [-0.2, -0.15) is 18.4 Å². The molecule has 0 aromatic heterocycles. The minimum Gasteiger partial charge on any atom is -0.490 e. The molecule has 0 bridgehead atoms. The first kappa shape index (κ1) is 27.5. The van der Waals surface area contributed by atoms with Crippen LogP contribution in [0.4, 0.5) is 18.9 Å². The van der Waals surface area contributed by atoms with E-state index >= 15 is 0 Å². The van der Waals surface area contributed by atoms with Gasteiger partial charge in [-0.1, -0.05) is 34.1 Å². The third kappa shape index (κ3) is 7.48. The summed E-state index contributed by atoms with van der Waals surface area (Å²) in [5, 5.41) is 11.9. The van der Waals surface area contributed by atoms with E-state index in [1.54, 1.807) is 18.2 Å². The number of ether oxygens (including phenoxy) is 2. The molecule has 0 aliphatic heterocycles. The minimum absolute atomic E-state index is 0.0720. The van der Waals surface area contributed by atoms with Gasteiger partial charge < -0.3 is 14.8 Å². The lowest BCUT2D eigenvalue weighted by Gasteiger charge is -2.15. The summed E-state index contributed by atoms with van der Waals surface area (Å²) in [5.74, 6) is 0.119. The van der Waals surface area contributed by atoms with Crippen LogP contribution in [0.1, 0.15) is 23.6 Å². The van der Waals surface area contributed by atoms with Gasteiger partial charge in [0.25, 0.3) is 5.91 Å². The summed E-state index contributed by atoms with van der Waals surface area (Å²) in [6.45, 7) is 2.48. The lowest BCUT2D eigenvalue weighted by atomic mass is 10.1. The minimum atomic E-state index is -4.55. The van der Waals surface area contributed by atoms with E-state index in [-0.39, 0.29) is 11.3 Å². The van der Waals surface area contributed by atoms with Crippen molar-refractivity contribution >= 4 is 56.2 Å². The van der Waals surface area contributed by atoms with E-state index in [1.807, 2.05) is 31.2 Å². The molecule has 0 atom stereocenters. The van der Waals surface area contributed by atoms with Crippen LogP contribution in [-0.4, -0.2) is 12.5 Å². The van der Waals surface area contributed by atoms with E-state index in [1.165, 1.54) is 18.2 Å². The number of anilines is 1. The van der Waals surface area contributed by atoms with E-state index in [9.17, 15) is 23.2 Å². The molecule has 36 heavy (non-hydrogen) atoms. The van der Waals surface area contributed by atoms with Crippen molar-refractivity contribution in [3.8, 4) is 17.6 Å². The highest BCUT2D eigenvalue weighted by molar-refractivity contribution is 14.1. The van der Waals surface area contributed by atoms with Gasteiger partial charge in [-0.15, -0.1) is 0 Å². The number of nitriles is 1. The molecule has 0 saturated carbocycles. The zero-order valence-electron chi connectivity index (χ0n) is 18.8. The Morgan fingerprint density at radius 3 is 2.50 bits per heavy atom. The summed E-state index contributed by atoms with van der Waals surface area (Å²) in [5.41, 5.74) is 0.192. The smallest absolute Gasteiger partial charge is 0.416 e. The van der Waals surface area contributed by atoms with Crippen LogP contribution >= 0.6 is 38.5 Å². The Balaban J connectivity index is 1.84. The van der Waals surface area contributed by atoms with Crippen molar-refractivity contribution in [3.05, 3.63) is 91.0 Å². The van der Waals surface area contributed by atoms with Crippen molar-refractivity contribution in [2.45, 2.75) is 19.7 Å². The molecule has 0 saturated heterocycles. The van der Waals surface area contributed by atoms with Gasteiger partial charge in [0.2, 0.25) is 0 Å². The summed E-state index contributed by atoms with van der Waals surface area (Å²) >= 11 is 5.47. The normalized spacial score (nSPS) is 11.5. The summed E-state index contributed by atoms with van der Waals surface area (Å²) < 4.78 is 52.2. The molecule has 186 valence electrons. The number of halogens is 5. The van der Waals surface area contributed by atoms with Crippen molar-refractivity contribution in [1.82, 2.24) is 0 Å². The highest BCUT2D eigenvalue weighted by Gasteiger charge is 2.30. The van der Waals surface area contributed by atoms with Gasteiger partial charge in [0, 0.05) is 10.2 Å². The summed E-state index contributed by atoms with van der Waals surface area (Å²) in [7, 11) is 0. The Morgan fingerprint density at radius 2 is 1.86 bits per heavy atom. The lowest BCUT2D eigenvalue weighted by molar-refractivity contribution is -0.137. The standard InChI is InChI=1S/C26H19BrF3IN2O3/c1-2-35-23-12-17(11-22(31)24(23)36-15-16-6-8-20(27)9-7-16)10-18(14-32)25(34)33-21-5-3-4-19(13-21)26(28,29)30/h3-13H,2,15H2,1H3,(H,33,34)/b18-10+. The number of nitrogens with zero attached hydrogens (tertiary/aromatic N) is 1. The number of carbonyl (C=O) groups excluding carboxylic acids is 1. The second-order valence-corrected chi connectivity index (χ2v) is 9.46. The van der Waals surface area contributed by atoms with Crippen molar-refractivity contribution in [3.63, 3.8) is 0 Å². The molecule has 3 aromatic carbocycles. The number of hydrogen-bond donors (Lipinski definition) is 1. The van der Waals surface area contributed by atoms with E-state index in [2.05, 4.69) is 43.8 Å². The van der Waals surface area contributed by atoms with Crippen molar-refractivity contribution in [2.75, 3.05) is 11.9 Å². The number of hydrogen-bond acceptors (Lipinski definition) is 4. The fraction of sp³-hybridized carbons (Fsp3) is 0.154. The number of rotatable bonds is 8. The number of amides is 1. The maximum absolute atomic E-state index is 13.0. The molecule has 1 amide bonds. The molecule has 5 nitrogen and oxygen atoms in total. The van der Waals surface area contributed by atoms with Gasteiger partial charge in [-0.3, -0.25) is 4.79 Å². The highest BCUT2D eigenvalue weighted by atomic mass is 127. The molecule has 0 fully saturated rings. The van der Waals surface area contributed by atoms with Crippen LogP contribution in [-0.2, 0) is 17.6 Å². The molecule has 0 aliphatic carbocycles. The van der Waals surface area contributed by atoms with E-state index < -0.39 is 17.6 Å². The molecule has 0 heterocycles. The summed E-state index contributed by atoms with van der Waals surface area (Å²) in [4.78, 5) is 12.6. The third-order valence-corrected chi connectivity index (χ3v) is 6.08. The second-order valence-electron chi connectivity index (χ2n) is 7.38. The van der Waals surface area contributed by atoms with Gasteiger partial charge >= 0.3 is 6.18 Å². The van der Waals surface area contributed by atoms with Crippen molar-refractivity contribution in [2.24, 2.45) is 0 Å². The Bertz CT molecular complexity index is 1320. The third-order valence-electron chi connectivity index (χ3n) is 4.75. The maximum Gasteiger partial charge on any atom is 0.416 e. The molecule has 3 aromatic rings. The van der Waals surface area contributed by atoms with Gasteiger partial charge in [-0.05, 0) is 89.2 Å². The van der Waals surface area contributed by atoms with Gasteiger partial charge in [0.15, 0.2) is 11.5 Å². The molecule has 0 spiro atoms. The Kier molecular flexibility index (Phi) is 9.39. The molecule has 3 rings (SSSR count). The van der Waals surface area contributed by atoms with Gasteiger partial charge in [-0.25, -0.2) is 0 Å². The molecular formula is C26H19BrF3IN2O3.